The molecule has 1 N–H and O–H groups in total. The van der Waals surface area contributed by atoms with Gasteiger partial charge in [0.2, 0.25) is 0 Å². The summed E-state index contributed by atoms with van der Waals surface area (Å²) in [7, 11) is 0. The van der Waals surface area contributed by atoms with Crippen molar-refractivity contribution in [2.45, 2.75) is 0 Å². The third kappa shape index (κ3) is 3.21. The third-order valence-corrected chi connectivity index (χ3v) is 4.97. The maximum atomic E-state index is 12.0. The summed E-state index contributed by atoms with van der Waals surface area (Å²) in [6.45, 7) is 0. The average molecular weight is 443 g/mol. The van der Waals surface area contributed by atoms with E-state index in [9.17, 15) is 4.79 Å². The molecular formula is C11H6BrClINOS. The standard InChI is InChI=1S/C11H6BrClINOS/c12-7-3-4-17-10(7)11(16)15-9-2-1-6(13)5-8(9)14/h1-5H,(H,15,16). The van der Waals surface area contributed by atoms with Gasteiger partial charge in [-0.25, -0.2) is 0 Å². The number of amides is 1. The van der Waals surface area contributed by atoms with Gasteiger partial charge < -0.3 is 5.32 Å². The lowest BCUT2D eigenvalue weighted by atomic mass is 10.3. The monoisotopic (exact) mass is 441 g/mol. The fourth-order valence-corrected chi connectivity index (χ4v) is 3.68. The first kappa shape index (κ1) is 13.3. The number of halogens is 3. The molecule has 17 heavy (non-hydrogen) atoms. The largest absolute Gasteiger partial charge is 0.320 e. The van der Waals surface area contributed by atoms with Gasteiger partial charge in [0.25, 0.3) is 5.91 Å². The van der Waals surface area contributed by atoms with E-state index in [1.54, 1.807) is 18.2 Å². The molecule has 0 aliphatic heterocycles. The SMILES string of the molecule is O=C(Nc1ccc(Cl)cc1I)c1sccc1Br. The summed E-state index contributed by atoms with van der Waals surface area (Å²) in [6, 6.07) is 7.21. The second-order valence-electron chi connectivity index (χ2n) is 3.18. The molecule has 0 spiro atoms. The van der Waals surface area contributed by atoms with Crippen molar-refractivity contribution in [3.8, 4) is 0 Å². The highest BCUT2D eigenvalue weighted by Crippen LogP contribution is 2.26. The van der Waals surface area contributed by atoms with E-state index in [0.717, 1.165) is 13.7 Å². The Morgan fingerprint density at radius 1 is 1.41 bits per heavy atom. The van der Waals surface area contributed by atoms with Crippen molar-refractivity contribution in [2.24, 2.45) is 0 Å². The van der Waals surface area contributed by atoms with Gasteiger partial charge in [0.05, 0.1) is 5.69 Å². The van der Waals surface area contributed by atoms with Crippen LogP contribution in [0.5, 0.6) is 0 Å². The summed E-state index contributed by atoms with van der Waals surface area (Å²) < 4.78 is 1.72. The van der Waals surface area contributed by atoms with Gasteiger partial charge in [-0.15, -0.1) is 11.3 Å². The maximum Gasteiger partial charge on any atom is 0.266 e. The second kappa shape index (κ2) is 5.69. The number of rotatable bonds is 2. The Balaban J connectivity index is 2.22. The van der Waals surface area contributed by atoms with Gasteiger partial charge in [0, 0.05) is 13.1 Å². The first-order chi connectivity index (χ1) is 8.08. The summed E-state index contributed by atoms with van der Waals surface area (Å²) in [5.41, 5.74) is 0.764. The van der Waals surface area contributed by atoms with Gasteiger partial charge in [-0.3, -0.25) is 4.79 Å². The maximum absolute atomic E-state index is 12.0. The van der Waals surface area contributed by atoms with Crippen LogP contribution in [0, 0.1) is 3.57 Å². The Morgan fingerprint density at radius 2 is 2.18 bits per heavy atom. The van der Waals surface area contributed by atoms with Gasteiger partial charge in [-0.05, 0) is 68.2 Å². The summed E-state index contributed by atoms with van der Waals surface area (Å²) in [5, 5.41) is 5.38. The van der Waals surface area contributed by atoms with Crippen molar-refractivity contribution in [1.29, 1.82) is 0 Å². The molecule has 0 saturated heterocycles. The molecule has 0 bridgehead atoms. The normalized spacial score (nSPS) is 10.3. The van der Waals surface area contributed by atoms with Crippen LogP contribution in [-0.4, -0.2) is 5.91 Å². The lowest BCUT2D eigenvalue weighted by molar-refractivity contribution is 0.103. The average Bonchev–Trinajstić information content (AvgIpc) is 2.68. The van der Waals surface area contributed by atoms with Crippen molar-refractivity contribution in [1.82, 2.24) is 0 Å². The Bertz CT molecular complexity index is 572. The molecule has 1 aromatic carbocycles. The highest BCUT2D eigenvalue weighted by atomic mass is 127. The van der Waals surface area contributed by atoms with Crippen LogP contribution >= 0.6 is 61.5 Å². The van der Waals surface area contributed by atoms with Crippen LogP contribution in [0.3, 0.4) is 0 Å². The zero-order valence-corrected chi connectivity index (χ0v) is 13.7. The number of hydrogen-bond acceptors (Lipinski definition) is 2. The van der Waals surface area contributed by atoms with E-state index in [4.69, 9.17) is 11.6 Å². The molecule has 0 aliphatic carbocycles. The Labute approximate surface area is 130 Å². The van der Waals surface area contributed by atoms with E-state index in [-0.39, 0.29) is 5.91 Å². The van der Waals surface area contributed by atoms with Gasteiger partial charge in [0.1, 0.15) is 4.88 Å². The van der Waals surface area contributed by atoms with Crippen LogP contribution < -0.4 is 5.32 Å². The molecule has 0 radical (unpaired) electrons. The van der Waals surface area contributed by atoms with E-state index in [1.165, 1.54) is 11.3 Å². The first-order valence-corrected chi connectivity index (χ1v) is 7.70. The zero-order chi connectivity index (χ0) is 12.4. The fourth-order valence-electron chi connectivity index (χ4n) is 1.23. The van der Waals surface area contributed by atoms with Crippen molar-refractivity contribution in [3.63, 3.8) is 0 Å². The molecule has 0 saturated carbocycles. The number of hydrogen-bond donors (Lipinski definition) is 1. The minimum atomic E-state index is -0.118. The van der Waals surface area contributed by atoms with Crippen LogP contribution in [0.4, 0.5) is 5.69 Å². The van der Waals surface area contributed by atoms with E-state index in [2.05, 4.69) is 43.8 Å². The van der Waals surface area contributed by atoms with Crippen LogP contribution in [0.25, 0.3) is 0 Å². The number of anilines is 1. The van der Waals surface area contributed by atoms with Crippen molar-refractivity contribution >= 4 is 73.1 Å². The fraction of sp³-hybridized carbons (Fsp3) is 0. The minimum absolute atomic E-state index is 0.118. The number of thiophene rings is 1. The number of nitrogens with one attached hydrogen (secondary N) is 1. The summed E-state index contributed by atoms with van der Waals surface area (Å²) in [6.07, 6.45) is 0. The van der Waals surface area contributed by atoms with Crippen LogP contribution in [0.2, 0.25) is 5.02 Å². The quantitative estimate of drug-likeness (QED) is 0.650. The Hall–Kier alpha value is -0.110. The number of carbonyl (C=O) groups excluding carboxylic acids is 1. The van der Waals surface area contributed by atoms with E-state index >= 15 is 0 Å². The first-order valence-electron chi connectivity index (χ1n) is 4.57. The summed E-state index contributed by atoms with van der Waals surface area (Å²) in [5.74, 6) is -0.118. The molecule has 2 nitrogen and oxygen atoms in total. The van der Waals surface area contributed by atoms with Crippen molar-refractivity contribution < 1.29 is 4.79 Å². The second-order valence-corrected chi connectivity index (χ2v) is 6.55. The van der Waals surface area contributed by atoms with Crippen LogP contribution in [-0.2, 0) is 0 Å². The van der Waals surface area contributed by atoms with Gasteiger partial charge >= 0.3 is 0 Å². The molecule has 2 aromatic rings. The lowest BCUT2D eigenvalue weighted by Crippen LogP contribution is -2.11. The molecule has 1 aromatic heterocycles. The molecule has 1 amide bonds. The summed E-state index contributed by atoms with van der Waals surface area (Å²) >= 11 is 12.7. The Kier molecular flexibility index (Phi) is 4.46. The predicted molar refractivity (Wildman–Crippen MR) is 84.1 cm³/mol. The molecule has 88 valence electrons. The molecule has 2 rings (SSSR count). The molecule has 1 heterocycles. The third-order valence-electron chi connectivity index (χ3n) is 2.00. The minimum Gasteiger partial charge on any atom is -0.320 e. The number of carbonyl (C=O) groups is 1. The van der Waals surface area contributed by atoms with Gasteiger partial charge in [0.15, 0.2) is 0 Å². The smallest absolute Gasteiger partial charge is 0.266 e. The molecular weight excluding hydrogens is 436 g/mol. The van der Waals surface area contributed by atoms with Gasteiger partial charge in [-0.1, -0.05) is 11.6 Å². The van der Waals surface area contributed by atoms with E-state index < -0.39 is 0 Å². The molecule has 0 aliphatic rings. The topological polar surface area (TPSA) is 29.1 Å². The molecule has 0 unspecified atom stereocenters. The highest BCUT2D eigenvalue weighted by Gasteiger charge is 2.12. The predicted octanol–water partition coefficient (Wildman–Crippen LogP) is 5.02. The van der Waals surface area contributed by atoms with Gasteiger partial charge in [-0.2, -0.15) is 0 Å². The van der Waals surface area contributed by atoms with E-state index in [0.29, 0.717) is 9.90 Å². The zero-order valence-electron chi connectivity index (χ0n) is 8.34. The van der Waals surface area contributed by atoms with E-state index in [1.807, 2.05) is 11.4 Å². The number of benzene rings is 1. The summed E-state index contributed by atoms with van der Waals surface area (Å²) in [4.78, 5) is 12.6. The highest BCUT2D eigenvalue weighted by molar-refractivity contribution is 14.1. The molecule has 0 atom stereocenters. The Morgan fingerprint density at radius 3 is 2.76 bits per heavy atom. The lowest BCUT2D eigenvalue weighted by Gasteiger charge is -2.06. The van der Waals surface area contributed by atoms with Crippen LogP contribution in [0.1, 0.15) is 9.67 Å². The van der Waals surface area contributed by atoms with Crippen molar-refractivity contribution in [2.75, 3.05) is 5.32 Å². The van der Waals surface area contributed by atoms with Crippen LogP contribution in [0.15, 0.2) is 34.1 Å². The van der Waals surface area contributed by atoms with Crippen molar-refractivity contribution in [3.05, 3.63) is 47.6 Å². The molecule has 0 fully saturated rings. The molecule has 6 heteroatoms.